The number of carboxylic acids is 1. The first kappa shape index (κ1) is 15.0. The molecule has 20 heavy (non-hydrogen) atoms. The van der Waals surface area contributed by atoms with Crippen LogP contribution in [0.2, 0.25) is 0 Å². The molecular formula is C16H22FNO2. The van der Waals surface area contributed by atoms with E-state index >= 15 is 0 Å². The second-order valence-electron chi connectivity index (χ2n) is 5.88. The summed E-state index contributed by atoms with van der Waals surface area (Å²) < 4.78 is 13.6. The van der Waals surface area contributed by atoms with Crippen LogP contribution in [0.1, 0.15) is 48.5 Å². The summed E-state index contributed by atoms with van der Waals surface area (Å²) in [5, 5.41) is 12.2. The number of aromatic carboxylic acids is 1. The summed E-state index contributed by atoms with van der Waals surface area (Å²) in [6, 6.07) is 3.93. The maximum atomic E-state index is 13.6. The largest absolute Gasteiger partial charge is 0.478 e. The van der Waals surface area contributed by atoms with Crippen molar-refractivity contribution in [1.82, 2.24) is 5.32 Å². The molecule has 110 valence electrons. The first-order chi connectivity index (χ1) is 9.56. The SMILES string of the molecule is CC1CCCC(CNCc2cc(C(=O)O)ccc2F)C1. The Hall–Kier alpha value is -1.42. The third-order valence-electron chi connectivity index (χ3n) is 4.09. The van der Waals surface area contributed by atoms with E-state index in [1.165, 1.54) is 43.9 Å². The van der Waals surface area contributed by atoms with Gasteiger partial charge in [-0.1, -0.05) is 19.8 Å². The van der Waals surface area contributed by atoms with E-state index < -0.39 is 5.97 Å². The Bertz CT molecular complexity index is 476. The number of carbonyl (C=O) groups is 1. The molecule has 0 saturated heterocycles. The van der Waals surface area contributed by atoms with Gasteiger partial charge in [-0.05, 0) is 49.4 Å². The molecule has 2 unspecified atom stereocenters. The van der Waals surface area contributed by atoms with Gasteiger partial charge < -0.3 is 10.4 Å². The van der Waals surface area contributed by atoms with E-state index in [4.69, 9.17) is 5.11 Å². The topological polar surface area (TPSA) is 49.3 Å². The Balaban J connectivity index is 1.87. The molecule has 1 aliphatic rings. The molecule has 3 nitrogen and oxygen atoms in total. The number of nitrogens with one attached hydrogen (secondary N) is 1. The molecule has 1 aliphatic carbocycles. The van der Waals surface area contributed by atoms with Gasteiger partial charge in [0.25, 0.3) is 0 Å². The molecule has 0 spiro atoms. The summed E-state index contributed by atoms with van der Waals surface area (Å²) >= 11 is 0. The molecule has 2 N–H and O–H groups in total. The van der Waals surface area contributed by atoms with E-state index in [1.807, 2.05) is 0 Å². The van der Waals surface area contributed by atoms with Gasteiger partial charge in [0.05, 0.1) is 5.56 Å². The highest BCUT2D eigenvalue weighted by molar-refractivity contribution is 5.87. The molecule has 0 heterocycles. The number of hydrogen-bond donors (Lipinski definition) is 2. The molecule has 1 fully saturated rings. The van der Waals surface area contributed by atoms with Crippen LogP contribution in [0.4, 0.5) is 4.39 Å². The Labute approximate surface area is 119 Å². The number of benzene rings is 1. The molecule has 0 aromatic heterocycles. The van der Waals surface area contributed by atoms with Crippen LogP contribution in [0.3, 0.4) is 0 Å². The highest BCUT2D eigenvalue weighted by Crippen LogP contribution is 2.28. The van der Waals surface area contributed by atoms with Crippen LogP contribution in [-0.2, 0) is 6.54 Å². The third-order valence-corrected chi connectivity index (χ3v) is 4.09. The predicted octanol–water partition coefficient (Wildman–Crippen LogP) is 3.44. The maximum absolute atomic E-state index is 13.6. The number of carboxylic acid groups (broad SMARTS) is 1. The van der Waals surface area contributed by atoms with Gasteiger partial charge in [-0.2, -0.15) is 0 Å². The van der Waals surface area contributed by atoms with E-state index in [2.05, 4.69) is 12.2 Å². The van der Waals surface area contributed by atoms with Crippen molar-refractivity contribution in [1.29, 1.82) is 0 Å². The average molecular weight is 279 g/mol. The summed E-state index contributed by atoms with van der Waals surface area (Å²) in [4.78, 5) is 10.9. The highest BCUT2D eigenvalue weighted by atomic mass is 19.1. The fraction of sp³-hybridized carbons (Fsp3) is 0.562. The van der Waals surface area contributed by atoms with E-state index in [1.54, 1.807) is 0 Å². The second kappa shape index (κ2) is 6.84. The van der Waals surface area contributed by atoms with E-state index in [0.29, 0.717) is 18.0 Å². The summed E-state index contributed by atoms with van der Waals surface area (Å²) in [5.74, 6) is 0.0685. The second-order valence-corrected chi connectivity index (χ2v) is 5.88. The fourth-order valence-corrected chi connectivity index (χ4v) is 3.00. The number of halogens is 1. The Morgan fingerprint density at radius 2 is 2.25 bits per heavy atom. The minimum atomic E-state index is -1.02. The van der Waals surface area contributed by atoms with Gasteiger partial charge >= 0.3 is 5.97 Å². The highest BCUT2D eigenvalue weighted by Gasteiger charge is 2.18. The first-order valence-corrected chi connectivity index (χ1v) is 7.28. The van der Waals surface area contributed by atoms with Crippen molar-refractivity contribution in [2.75, 3.05) is 6.54 Å². The van der Waals surface area contributed by atoms with Gasteiger partial charge in [-0.25, -0.2) is 9.18 Å². The number of hydrogen-bond acceptors (Lipinski definition) is 2. The van der Waals surface area contributed by atoms with Gasteiger partial charge in [0, 0.05) is 12.1 Å². The summed E-state index contributed by atoms with van der Waals surface area (Å²) in [7, 11) is 0. The van der Waals surface area contributed by atoms with Crippen molar-refractivity contribution in [2.45, 2.75) is 39.2 Å². The van der Waals surface area contributed by atoms with Crippen LogP contribution < -0.4 is 5.32 Å². The standard InChI is InChI=1S/C16H22FNO2/c1-11-3-2-4-12(7-11)9-18-10-14-8-13(16(19)20)5-6-15(14)17/h5-6,8,11-12,18H,2-4,7,9-10H2,1H3,(H,19,20). The Morgan fingerprint density at radius 3 is 2.95 bits per heavy atom. The maximum Gasteiger partial charge on any atom is 0.335 e. The molecular weight excluding hydrogens is 257 g/mol. The van der Waals surface area contributed by atoms with Crippen LogP contribution in [0, 0.1) is 17.7 Å². The molecule has 0 amide bonds. The lowest BCUT2D eigenvalue weighted by Crippen LogP contribution is -2.26. The van der Waals surface area contributed by atoms with Crippen molar-refractivity contribution in [3.63, 3.8) is 0 Å². The minimum absolute atomic E-state index is 0.134. The van der Waals surface area contributed by atoms with Crippen LogP contribution in [0.25, 0.3) is 0 Å². The van der Waals surface area contributed by atoms with Gasteiger partial charge in [-0.15, -0.1) is 0 Å². The van der Waals surface area contributed by atoms with Crippen molar-refractivity contribution in [3.05, 3.63) is 35.1 Å². The van der Waals surface area contributed by atoms with Crippen molar-refractivity contribution in [3.8, 4) is 0 Å². The lowest BCUT2D eigenvalue weighted by atomic mass is 9.82. The van der Waals surface area contributed by atoms with Crippen LogP contribution >= 0.6 is 0 Å². The van der Waals surface area contributed by atoms with E-state index in [9.17, 15) is 9.18 Å². The summed E-state index contributed by atoms with van der Waals surface area (Å²) in [6.07, 6.45) is 5.04. The lowest BCUT2D eigenvalue weighted by molar-refractivity contribution is 0.0696. The molecule has 0 radical (unpaired) electrons. The molecule has 0 aliphatic heterocycles. The van der Waals surface area contributed by atoms with Gasteiger partial charge in [-0.3, -0.25) is 0 Å². The predicted molar refractivity (Wildman–Crippen MR) is 76.2 cm³/mol. The van der Waals surface area contributed by atoms with Crippen LogP contribution in [-0.4, -0.2) is 17.6 Å². The van der Waals surface area contributed by atoms with Gasteiger partial charge in [0.1, 0.15) is 5.82 Å². The first-order valence-electron chi connectivity index (χ1n) is 7.28. The average Bonchev–Trinajstić information content (AvgIpc) is 2.40. The normalized spacial score (nSPS) is 22.7. The summed E-state index contributed by atoms with van der Waals surface area (Å²) in [5.41, 5.74) is 0.559. The smallest absolute Gasteiger partial charge is 0.335 e. The third kappa shape index (κ3) is 4.04. The molecule has 2 rings (SSSR count). The Morgan fingerprint density at radius 1 is 1.45 bits per heavy atom. The molecule has 2 atom stereocenters. The monoisotopic (exact) mass is 279 g/mol. The molecule has 4 heteroatoms. The zero-order chi connectivity index (χ0) is 14.5. The minimum Gasteiger partial charge on any atom is -0.478 e. The zero-order valence-corrected chi connectivity index (χ0v) is 11.9. The van der Waals surface area contributed by atoms with Gasteiger partial charge in [0.2, 0.25) is 0 Å². The molecule has 0 bridgehead atoms. The zero-order valence-electron chi connectivity index (χ0n) is 11.9. The van der Waals surface area contributed by atoms with E-state index in [0.717, 1.165) is 12.5 Å². The van der Waals surface area contributed by atoms with Crippen molar-refractivity contribution < 1.29 is 14.3 Å². The quantitative estimate of drug-likeness (QED) is 0.868. The molecule has 1 aromatic carbocycles. The summed E-state index contributed by atoms with van der Waals surface area (Å²) in [6.45, 7) is 3.54. The van der Waals surface area contributed by atoms with Gasteiger partial charge in [0.15, 0.2) is 0 Å². The van der Waals surface area contributed by atoms with Crippen molar-refractivity contribution >= 4 is 5.97 Å². The molecule has 1 saturated carbocycles. The lowest BCUT2D eigenvalue weighted by Gasteiger charge is -2.26. The van der Waals surface area contributed by atoms with Crippen LogP contribution in [0.5, 0.6) is 0 Å². The Kier molecular flexibility index (Phi) is 5.12. The fourth-order valence-electron chi connectivity index (χ4n) is 3.00. The molecule has 1 aromatic rings. The van der Waals surface area contributed by atoms with Crippen LogP contribution in [0.15, 0.2) is 18.2 Å². The van der Waals surface area contributed by atoms with Crippen molar-refractivity contribution in [2.24, 2.45) is 11.8 Å². The van der Waals surface area contributed by atoms with E-state index in [-0.39, 0.29) is 11.4 Å². The number of rotatable bonds is 5.